The van der Waals surface area contributed by atoms with Gasteiger partial charge >= 0.3 is 0 Å². The Morgan fingerprint density at radius 2 is 0.400 bits per heavy atom. The third kappa shape index (κ3) is 1.82. The summed E-state index contributed by atoms with van der Waals surface area (Å²) in [5.74, 6) is 0. The molecule has 2 spiro atoms. The number of benzene rings is 17. The van der Waals surface area contributed by atoms with Gasteiger partial charge in [-0.3, -0.25) is 4.90 Å². The standard InChI is InChI=1S/C70H21NO4/c72-2-4-74-6-8-75-7-5-73-3-1-71-9-69-65-58-51-39-31-22-13-11-12-14-17(13)26-33(31)41-42-34(26)32-23(14)25-21-16(12)19-18-15(11)20-24(22)37(39)45-43-29(20)27(18)35-36-28(19)30(21)44-46-38(25)40(32)52-54(42)63(62(65)53(41)51)66-59(52)57(46)61-50(44)48(36)55-47(35)49(43)60(56(45)58)67(69)64(55)68(61)70(66,69)10-71/h72H,1-10H2. The maximum absolute atomic E-state index is 9.16. The molecule has 2 atom stereocenters. The highest BCUT2D eigenvalue weighted by molar-refractivity contribution is 6.82. The van der Waals surface area contributed by atoms with Crippen molar-refractivity contribution in [3.05, 3.63) is 22.3 Å². The summed E-state index contributed by atoms with van der Waals surface area (Å²) in [7, 11) is 0. The molecule has 0 aromatic heterocycles. The van der Waals surface area contributed by atoms with Crippen LogP contribution in [-0.4, -0.2) is 75.9 Å². The molecular formula is C70H21NO4. The second kappa shape index (κ2) is 7.48. The lowest BCUT2D eigenvalue weighted by atomic mass is 9.52. The fourth-order valence-electron chi connectivity index (χ4n) is 25.8. The van der Waals surface area contributed by atoms with Gasteiger partial charge in [-0.15, -0.1) is 0 Å². The van der Waals surface area contributed by atoms with Gasteiger partial charge in [0.1, 0.15) is 0 Å². The summed E-state index contributed by atoms with van der Waals surface area (Å²) in [5, 5.41) is 98.9. The van der Waals surface area contributed by atoms with E-state index in [1.54, 1.807) is 313 Å². The molecule has 0 amide bonds. The van der Waals surface area contributed by atoms with E-state index in [4.69, 9.17) is 19.3 Å². The first-order valence-corrected chi connectivity index (χ1v) is 28.2. The van der Waals surface area contributed by atoms with Gasteiger partial charge in [-0.1, -0.05) is 0 Å². The topological polar surface area (TPSA) is 51.2 Å². The molecular weight excluding hydrogens is 919 g/mol. The molecule has 1 aliphatic heterocycles. The summed E-state index contributed by atoms with van der Waals surface area (Å²) in [4.78, 5) is 2.94. The van der Waals surface area contributed by atoms with Gasteiger partial charge in [0, 0.05) is 19.6 Å². The van der Waals surface area contributed by atoms with E-state index in [-0.39, 0.29) is 17.4 Å². The Hall–Kier alpha value is -7.74. The third-order valence-corrected chi connectivity index (χ3v) is 26.1. The van der Waals surface area contributed by atoms with Gasteiger partial charge in [-0.2, -0.15) is 0 Å². The molecule has 0 bridgehead atoms. The smallest absolute Gasteiger partial charge is 0.0701 e. The van der Waals surface area contributed by atoms with Crippen molar-refractivity contribution in [2.75, 3.05) is 65.9 Å². The van der Waals surface area contributed by atoms with Gasteiger partial charge in [0.25, 0.3) is 0 Å². The minimum atomic E-state index is -0.226. The van der Waals surface area contributed by atoms with Crippen LogP contribution >= 0.6 is 0 Å². The molecule has 75 heavy (non-hydrogen) atoms. The summed E-state index contributed by atoms with van der Waals surface area (Å²) in [6.45, 7) is 6.21. The third-order valence-electron chi connectivity index (χ3n) is 26.1. The zero-order valence-electron chi connectivity index (χ0n) is 39.2. The van der Waals surface area contributed by atoms with Crippen molar-refractivity contribution in [2.45, 2.75) is 10.8 Å². The van der Waals surface area contributed by atoms with Crippen LogP contribution < -0.4 is 0 Å². The van der Waals surface area contributed by atoms with E-state index in [1.807, 2.05) is 0 Å². The van der Waals surface area contributed by atoms with Crippen molar-refractivity contribution in [3.63, 3.8) is 0 Å². The molecule has 33 rings (SSSR count). The van der Waals surface area contributed by atoms with Gasteiger partial charge < -0.3 is 19.3 Å². The first-order chi connectivity index (χ1) is 37.4. The molecule has 5 aliphatic rings. The highest BCUT2D eigenvalue weighted by Gasteiger charge is 2.73. The summed E-state index contributed by atoms with van der Waals surface area (Å²) in [6.07, 6.45) is 0. The van der Waals surface area contributed by atoms with Crippen molar-refractivity contribution in [3.8, 4) is 0 Å². The fraction of sp³-hybridized carbons (Fsp3) is 0.171. The van der Waals surface area contributed by atoms with Crippen molar-refractivity contribution < 1.29 is 19.3 Å². The highest BCUT2D eigenvalue weighted by Crippen LogP contribution is 2.85. The van der Waals surface area contributed by atoms with Gasteiger partial charge in [0.05, 0.1) is 57.1 Å². The molecule has 28 aromatic rings. The average molecular weight is 940 g/mol. The molecule has 330 valence electrons. The average Bonchev–Trinajstić information content (AvgIpc) is 2.25. The fourth-order valence-corrected chi connectivity index (χ4v) is 25.8. The van der Waals surface area contributed by atoms with Crippen LogP contribution in [0.4, 0.5) is 0 Å². The Morgan fingerprint density at radius 3 is 0.653 bits per heavy atom. The number of nitrogens with zero attached hydrogens (tertiary/aromatic N) is 1. The number of likely N-dealkylation sites (tertiary alicyclic amines) is 1. The van der Waals surface area contributed by atoms with Crippen molar-refractivity contribution in [1.29, 1.82) is 0 Å². The van der Waals surface area contributed by atoms with E-state index in [1.165, 1.54) is 0 Å². The molecule has 0 radical (unpaired) electrons. The number of hydrogen-bond acceptors (Lipinski definition) is 5. The Kier molecular flexibility index (Phi) is 3.05. The summed E-state index contributed by atoms with van der Waals surface area (Å²) >= 11 is 0. The van der Waals surface area contributed by atoms with E-state index >= 15 is 0 Å². The van der Waals surface area contributed by atoms with E-state index < -0.39 is 0 Å². The van der Waals surface area contributed by atoms with Gasteiger partial charge in [-0.25, -0.2) is 0 Å². The monoisotopic (exact) mass is 939 g/mol. The number of rotatable bonds is 11. The zero-order valence-corrected chi connectivity index (χ0v) is 39.2. The second-order valence-corrected chi connectivity index (χ2v) is 26.8. The normalized spacial score (nSPS) is 22.2. The van der Waals surface area contributed by atoms with Crippen molar-refractivity contribution >= 4 is 291 Å². The summed E-state index contributed by atoms with van der Waals surface area (Å²) in [5.41, 5.74) is 6.59. The highest BCUT2D eigenvalue weighted by atomic mass is 16.5. The van der Waals surface area contributed by atoms with Crippen LogP contribution in [0, 0.1) is 0 Å². The lowest BCUT2D eigenvalue weighted by Crippen LogP contribution is -2.49. The molecule has 1 saturated heterocycles. The molecule has 5 heteroatoms. The molecule has 2 unspecified atom stereocenters. The molecule has 5 nitrogen and oxygen atoms in total. The SMILES string of the molecule is OCCOCCOCCOCCN1CC23c4c5c6c7c8c9c(c%10c%11c2c2c%12c4c4c%13c5c5c7c7c8c8c%14c9c%10c9c%10c%11c2c2c%11c%12c4c4c%12c%13c5c5c7c7c8c8c%14c9c9c%10c2c2c%11c4c4c%12c5c7c5c8c9c2c45)C63C1. The Morgan fingerprint density at radius 1 is 0.227 bits per heavy atom. The van der Waals surface area contributed by atoms with E-state index in [0.717, 1.165) is 19.6 Å². The van der Waals surface area contributed by atoms with Crippen molar-refractivity contribution in [2.24, 2.45) is 0 Å². The number of aliphatic hydroxyl groups excluding tert-OH is 1. The Bertz CT molecular complexity index is 6960. The van der Waals surface area contributed by atoms with Crippen LogP contribution in [-0.2, 0) is 25.0 Å². The minimum absolute atomic E-state index is 0.0421. The number of ether oxygens (including phenoxy) is 3. The van der Waals surface area contributed by atoms with Gasteiger partial charge in [-0.05, 0) is 313 Å². The summed E-state index contributed by atoms with van der Waals surface area (Å²) in [6, 6.07) is 0. The first kappa shape index (κ1) is 30.6. The molecule has 28 aromatic carbocycles. The van der Waals surface area contributed by atoms with E-state index in [9.17, 15) is 0 Å². The molecule has 4 aliphatic carbocycles. The molecule has 1 fully saturated rings. The lowest BCUT2D eigenvalue weighted by Gasteiger charge is -2.48. The largest absolute Gasteiger partial charge is 0.394 e. The van der Waals surface area contributed by atoms with Crippen LogP contribution in [0.1, 0.15) is 22.3 Å². The maximum atomic E-state index is 9.16. The second-order valence-electron chi connectivity index (χ2n) is 26.8. The number of hydrogen-bond donors (Lipinski definition) is 1. The minimum Gasteiger partial charge on any atom is -0.394 e. The van der Waals surface area contributed by atoms with Crippen LogP contribution in [0.3, 0.4) is 0 Å². The first-order valence-electron chi connectivity index (χ1n) is 28.2. The van der Waals surface area contributed by atoms with Crippen LogP contribution in [0.5, 0.6) is 0 Å². The van der Waals surface area contributed by atoms with Crippen LogP contribution in [0.2, 0.25) is 0 Å². The quantitative estimate of drug-likeness (QED) is 0.103. The number of aliphatic hydroxyl groups is 1. The van der Waals surface area contributed by atoms with E-state index in [0.29, 0.717) is 39.6 Å². The molecule has 1 heterocycles. The predicted molar refractivity (Wildman–Crippen MR) is 310 cm³/mol. The Balaban J connectivity index is 0.939. The van der Waals surface area contributed by atoms with Crippen LogP contribution in [0.15, 0.2) is 0 Å². The van der Waals surface area contributed by atoms with Gasteiger partial charge in [0.2, 0.25) is 0 Å². The lowest BCUT2D eigenvalue weighted by molar-refractivity contribution is 0.00515. The zero-order chi connectivity index (χ0) is 45.3. The molecule has 1 N–H and O–H groups in total. The van der Waals surface area contributed by atoms with Crippen molar-refractivity contribution in [1.82, 2.24) is 4.90 Å². The van der Waals surface area contributed by atoms with E-state index in [2.05, 4.69) is 4.90 Å². The van der Waals surface area contributed by atoms with Gasteiger partial charge in [0.15, 0.2) is 0 Å². The maximum Gasteiger partial charge on any atom is 0.0701 e. The Labute approximate surface area is 411 Å². The van der Waals surface area contributed by atoms with Crippen LogP contribution in [0.25, 0.3) is 291 Å². The predicted octanol–water partition coefficient (Wildman–Crippen LogP) is 15.7. The summed E-state index contributed by atoms with van der Waals surface area (Å²) < 4.78 is 18.0. The molecule has 0 saturated carbocycles.